The lowest BCUT2D eigenvalue weighted by Gasteiger charge is -2.34. The van der Waals surface area contributed by atoms with Crippen molar-refractivity contribution in [2.45, 2.75) is 25.8 Å². The Hall–Kier alpha value is -2.37. The minimum absolute atomic E-state index is 0.205. The molecule has 1 saturated heterocycles. The monoisotopic (exact) mass is 286 g/mol. The summed E-state index contributed by atoms with van der Waals surface area (Å²) in [5.41, 5.74) is 1.94. The van der Waals surface area contributed by atoms with Gasteiger partial charge < -0.3 is 9.47 Å². The van der Waals surface area contributed by atoms with E-state index in [-0.39, 0.29) is 10.6 Å². The third-order valence-corrected chi connectivity index (χ3v) is 4.14. The van der Waals surface area contributed by atoms with Crippen molar-refractivity contribution in [1.29, 1.82) is 0 Å². The number of rotatable bonds is 3. The topological polar surface area (TPSA) is 64.2 Å². The Kier molecular flexibility index (Phi) is 3.60. The number of nitro groups is 1. The number of nitrogens with zero attached hydrogens (tertiary/aromatic N) is 4. The predicted molar refractivity (Wildman–Crippen MR) is 80.5 cm³/mol. The third kappa shape index (κ3) is 2.61. The number of aryl methyl sites for hydroxylation is 1. The maximum atomic E-state index is 11.2. The average molecular weight is 286 g/mol. The molecule has 2 heterocycles. The van der Waals surface area contributed by atoms with Crippen molar-refractivity contribution in [1.82, 2.24) is 9.55 Å². The highest BCUT2D eigenvalue weighted by Crippen LogP contribution is 2.35. The van der Waals surface area contributed by atoms with E-state index >= 15 is 0 Å². The summed E-state index contributed by atoms with van der Waals surface area (Å²) in [4.78, 5) is 17.2. The molecule has 1 aliphatic rings. The van der Waals surface area contributed by atoms with Crippen LogP contribution in [0.1, 0.15) is 24.4 Å². The second-order valence-corrected chi connectivity index (χ2v) is 5.43. The first kappa shape index (κ1) is 13.6. The van der Waals surface area contributed by atoms with Crippen LogP contribution in [0, 0.1) is 17.0 Å². The van der Waals surface area contributed by atoms with Crippen LogP contribution in [-0.4, -0.2) is 27.6 Å². The van der Waals surface area contributed by atoms with Gasteiger partial charge in [0, 0.05) is 37.6 Å². The van der Waals surface area contributed by atoms with Gasteiger partial charge in [-0.1, -0.05) is 12.1 Å². The first-order valence-electron chi connectivity index (χ1n) is 7.13. The molecule has 0 N–H and O–H groups in total. The van der Waals surface area contributed by atoms with Crippen LogP contribution < -0.4 is 4.90 Å². The highest BCUT2D eigenvalue weighted by molar-refractivity contribution is 5.67. The van der Waals surface area contributed by atoms with Gasteiger partial charge in [-0.2, -0.15) is 0 Å². The minimum atomic E-state index is -0.287. The van der Waals surface area contributed by atoms with Gasteiger partial charge in [-0.05, 0) is 25.3 Å². The van der Waals surface area contributed by atoms with Crippen LogP contribution in [0.25, 0.3) is 0 Å². The highest BCUT2D eigenvalue weighted by atomic mass is 16.6. The molecule has 1 aromatic carbocycles. The molecule has 0 aliphatic carbocycles. The van der Waals surface area contributed by atoms with E-state index in [1.165, 1.54) is 0 Å². The fraction of sp³-hybridized carbons (Fsp3) is 0.400. The standard InChI is InChI=1S/C15H18N4O2/c1-12-3-2-4-14(19(20)21)15(12)17-8-5-13(6-9-17)18-10-7-16-11-18/h2-4,7,10-11,13H,5-6,8-9H2,1H3. The lowest BCUT2D eigenvalue weighted by atomic mass is 10.0. The highest BCUT2D eigenvalue weighted by Gasteiger charge is 2.26. The van der Waals surface area contributed by atoms with Crippen molar-refractivity contribution in [3.63, 3.8) is 0 Å². The van der Waals surface area contributed by atoms with Crippen molar-refractivity contribution in [3.8, 4) is 0 Å². The molecule has 0 spiro atoms. The maximum absolute atomic E-state index is 11.2. The van der Waals surface area contributed by atoms with Crippen LogP contribution in [0.3, 0.4) is 0 Å². The zero-order chi connectivity index (χ0) is 14.8. The molecule has 0 atom stereocenters. The second-order valence-electron chi connectivity index (χ2n) is 5.43. The van der Waals surface area contributed by atoms with Crippen molar-refractivity contribution in [3.05, 3.63) is 52.6 Å². The van der Waals surface area contributed by atoms with E-state index in [9.17, 15) is 10.1 Å². The van der Waals surface area contributed by atoms with Crippen molar-refractivity contribution >= 4 is 11.4 Å². The van der Waals surface area contributed by atoms with Gasteiger partial charge in [0.2, 0.25) is 0 Å². The summed E-state index contributed by atoms with van der Waals surface area (Å²) in [5.74, 6) is 0. The molecular weight excluding hydrogens is 268 g/mol. The normalized spacial score (nSPS) is 16.1. The molecule has 3 rings (SSSR count). The van der Waals surface area contributed by atoms with Crippen molar-refractivity contribution < 1.29 is 4.92 Å². The fourth-order valence-electron chi connectivity index (χ4n) is 3.08. The van der Waals surface area contributed by atoms with E-state index in [0.29, 0.717) is 6.04 Å². The molecule has 0 radical (unpaired) electrons. The van der Waals surface area contributed by atoms with E-state index < -0.39 is 0 Å². The number of benzene rings is 1. The molecule has 0 bridgehead atoms. The first-order chi connectivity index (χ1) is 10.2. The molecular formula is C15H18N4O2. The molecule has 0 saturated carbocycles. The van der Waals surface area contributed by atoms with Crippen LogP contribution in [0.15, 0.2) is 36.9 Å². The van der Waals surface area contributed by atoms with Gasteiger partial charge in [0.25, 0.3) is 5.69 Å². The molecule has 1 aliphatic heterocycles. The van der Waals surface area contributed by atoms with Gasteiger partial charge in [-0.25, -0.2) is 4.98 Å². The molecule has 21 heavy (non-hydrogen) atoms. The molecule has 0 amide bonds. The van der Waals surface area contributed by atoms with Gasteiger partial charge in [0.15, 0.2) is 0 Å². The van der Waals surface area contributed by atoms with Crippen LogP contribution in [-0.2, 0) is 0 Å². The number of aromatic nitrogens is 2. The largest absolute Gasteiger partial charge is 0.366 e. The molecule has 2 aromatic rings. The third-order valence-electron chi connectivity index (χ3n) is 4.14. The lowest BCUT2D eigenvalue weighted by Crippen LogP contribution is -2.35. The number of hydrogen-bond donors (Lipinski definition) is 0. The zero-order valence-electron chi connectivity index (χ0n) is 12.0. The summed E-state index contributed by atoms with van der Waals surface area (Å²) in [6.45, 7) is 3.59. The molecule has 1 fully saturated rings. The van der Waals surface area contributed by atoms with Gasteiger partial charge in [0.1, 0.15) is 5.69 Å². The van der Waals surface area contributed by atoms with E-state index in [0.717, 1.165) is 37.2 Å². The summed E-state index contributed by atoms with van der Waals surface area (Å²) in [7, 11) is 0. The van der Waals surface area contributed by atoms with E-state index in [1.54, 1.807) is 18.3 Å². The Bertz CT molecular complexity index is 631. The first-order valence-corrected chi connectivity index (χ1v) is 7.13. The summed E-state index contributed by atoms with van der Waals surface area (Å²) < 4.78 is 2.13. The lowest BCUT2D eigenvalue weighted by molar-refractivity contribution is -0.384. The summed E-state index contributed by atoms with van der Waals surface area (Å²) in [6, 6.07) is 5.70. The molecule has 110 valence electrons. The fourth-order valence-corrected chi connectivity index (χ4v) is 3.08. The van der Waals surface area contributed by atoms with Crippen LogP contribution in [0.2, 0.25) is 0 Å². The molecule has 0 unspecified atom stereocenters. The Labute approximate surface area is 123 Å². The van der Waals surface area contributed by atoms with Gasteiger partial charge in [0.05, 0.1) is 11.3 Å². The molecule has 6 nitrogen and oxygen atoms in total. The summed E-state index contributed by atoms with van der Waals surface area (Å²) >= 11 is 0. The van der Waals surface area contributed by atoms with Crippen molar-refractivity contribution in [2.24, 2.45) is 0 Å². The SMILES string of the molecule is Cc1cccc([N+](=O)[O-])c1N1CCC(n2ccnc2)CC1. The predicted octanol–water partition coefficient (Wildman–Crippen LogP) is 2.94. The zero-order valence-corrected chi connectivity index (χ0v) is 12.0. The van der Waals surface area contributed by atoms with Gasteiger partial charge >= 0.3 is 0 Å². The number of piperidine rings is 1. The Balaban J connectivity index is 1.80. The molecule has 1 aromatic heterocycles. The van der Waals surface area contributed by atoms with Gasteiger partial charge in [-0.15, -0.1) is 0 Å². The summed E-state index contributed by atoms with van der Waals surface area (Å²) in [5, 5.41) is 11.2. The van der Waals surface area contributed by atoms with E-state index in [4.69, 9.17) is 0 Å². The Morgan fingerprint density at radius 3 is 2.71 bits per heavy atom. The van der Waals surface area contributed by atoms with Crippen molar-refractivity contribution in [2.75, 3.05) is 18.0 Å². The molecule has 6 heteroatoms. The average Bonchev–Trinajstić information content (AvgIpc) is 3.01. The van der Waals surface area contributed by atoms with E-state index in [2.05, 4.69) is 14.5 Å². The number of para-hydroxylation sites is 1. The minimum Gasteiger partial charge on any atom is -0.366 e. The van der Waals surface area contributed by atoms with Crippen LogP contribution in [0.5, 0.6) is 0 Å². The number of nitro benzene ring substituents is 1. The Morgan fingerprint density at radius 2 is 2.10 bits per heavy atom. The van der Waals surface area contributed by atoms with Crippen LogP contribution in [0.4, 0.5) is 11.4 Å². The summed E-state index contributed by atoms with van der Waals surface area (Å²) in [6.07, 6.45) is 7.56. The smallest absolute Gasteiger partial charge is 0.292 e. The number of imidazole rings is 1. The van der Waals surface area contributed by atoms with Gasteiger partial charge in [-0.3, -0.25) is 10.1 Å². The Morgan fingerprint density at radius 1 is 1.33 bits per heavy atom. The number of hydrogen-bond acceptors (Lipinski definition) is 4. The quantitative estimate of drug-likeness (QED) is 0.643. The maximum Gasteiger partial charge on any atom is 0.292 e. The van der Waals surface area contributed by atoms with Crippen LogP contribution >= 0.6 is 0 Å². The second kappa shape index (κ2) is 5.55. The van der Waals surface area contributed by atoms with E-state index in [1.807, 2.05) is 25.5 Å². The number of anilines is 1.